The van der Waals surface area contributed by atoms with Gasteiger partial charge in [-0.1, -0.05) is 48.9 Å². The van der Waals surface area contributed by atoms with Crippen molar-refractivity contribution >= 4 is 17.3 Å². The first-order chi connectivity index (χ1) is 9.08. The monoisotopic (exact) mass is 281 g/mol. The SMILES string of the molecule is CC(CNc1c(F)cc(F)cc1Cl)c1ccccc1. The van der Waals surface area contributed by atoms with Crippen LogP contribution in [0.5, 0.6) is 0 Å². The van der Waals surface area contributed by atoms with Crippen molar-refractivity contribution in [2.24, 2.45) is 0 Å². The Balaban J connectivity index is 2.07. The van der Waals surface area contributed by atoms with Gasteiger partial charge in [0.2, 0.25) is 0 Å². The molecule has 0 amide bonds. The number of anilines is 1. The lowest BCUT2D eigenvalue weighted by atomic mass is 10.0. The molecule has 2 aromatic rings. The molecule has 1 N–H and O–H groups in total. The van der Waals surface area contributed by atoms with E-state index in [1.165, 1.54) is 0 Å². The standard InChI is InChI=1S/C15H14ClF2N/c1-10(11-5-3-2-4-6-11)9-19-15-13(16)7-12(17)8-14(15)18/h2-8,10,19H,9H2,1H3. The largest absolute Gasteiger partial charge is 0.381 e. The van der Waals surface area contributed by atoms with E-state index >= 15 is 0 Å². The first kappa shape index (κ1) is 13.8. The summed E-state index contributed by atoms with van der Waals surface area (Å²) in [4.78, 5) is 0. The molecule has 0 aromatic heterocycles. The second-order valence-electron chi connectivity index (χ2n) is 4.44. The van der Waals surface area contributed by atoms with Crippen LogP contribution in [0.15, 0.2) is 42.5 Å². The maximum atomic E-state index is 13.6. The van der Waals surface area contributed by atoms with Crippen molar-refractivity contribution < 1.29 is 8.78 Å². The van der Waals surface area contributed by atoms with Crippen molar-refractivity contribution in [3.05, 3.63) is 64.7 Å². The van der Waals surface area contributed by atoms with Gasteiger partial charge in [0.1, 0.15) is 5.82 Å². The van der Waals surface area contributed by atoms with E-state index < -0.39 is 11.6 Å². The van der Waals surface area contributed by atoms with Crippen molar-refractivity contribution in [2.45, 2.75) is 12.8 Å². The molecule has 100 valence electrons. The van der Waals surface area contributed by atoms with Crippen LogP contribution in [0.2, 0.25) is 5.02 Å². The van der Waals surface area contributed by atoms with Gasteiger partial charge < -0.3 is 5.32 Å². The fraction of sp³-hybridized carbons (Fsp3) is 0.200. The number of benzene rings is 2. The van der Waals surface area contributed by atoms with Crippen molar-refractivity contribution in [3.63, 3.8) is 0 Å². The highest BCUT2D eigenvalue weighted by atomic mass is 35.5. The van der Waals surface area contributed by atoms with Crippen LogP contribution in [0.25, 0.3) is 0 Å². The van der Waals surface area contributed by atoms with E-state index in [4.69, 9.17) is 11.6 Å². The molecular formula is C15H14ClF2N. The number of nitrogens with one attached hydrogen (secondary N) is 1. The number of hydrogen-bond donors (Lipinski definition) is 1. The zero-order valence-corrected chi connectivity index (χ0v) is 11.2. The van der Waals surface area contributed by atoms with E-state index in [9.17, 15) is 8.78 Å². The van der Waals surface area contributed by atoms with Gasteiger partial charge in [-0.25, -0.2) is 8.78 Å². The summed E-state index contributed by atoms with van der Waals surface area (Å²) in [6, 6.07) is 11.8. The van der Waals surface area contributed by atoms with Crippen LogP contribution in [0, 0.1) is 11.6 Å². The van der Waals surface area contributed by atoms with Gasteiger partial charge in [-0.15, -0.1) is 0 Å². The molecule has 0 aliphatic heterocycles. The molecule has 0 aliphatic carbocycles. The highest BCUT2D eigenvalue weighted by molar-refractivity contribution is 6.33. The molecule has 1 nitrogen and oxygen atoms in total. The lowest BCUT2D eigenvalue weighted by Crippen LogP contribution is -2.11. The van der Waals surface area contributed by atoms with Crippen LogP contribution >= 0.6 is 11.6 Å². The van der Waals surface area contributed by atoms with E-state index in [1.807, 2.05) is 37.3 Å². The smallest absolute Gasteiger partial charge is 0.150 e. The molecule has 4 heteroatoms. The van der Waals surface area contributed by atoms with Crippen LogP contribution in [0.3, 0.4) is 0 Å². The van der Waals surface area contributed by atoms with Crippen LogP contribution in [0.4, 0.5) is 14.5 Å². The molecular weight excluding hydrogens is 268 g/mol. The maximum absolute atomic E-state index is 13.6. The molecule has 0 saturated carbocycles. The molecule has 0 fully saturated rings. The topological polar surface area (TPSA) is 12.0 Å². The van der Waals surface area contributed by atoms with Gasteiger partial charge in [0, 0.05) is 12.6 Å². The summed E-state index contributed by atoms with van der Waals surface area (Å²) in [5.74, 6) is -1.16. The zero-order chi connectivity index (χ0) is 13.8. The van der Waals surface area contributed by atoms with E-state index in [1.54, 1.807) is 0 Å². The third-order valence-corrected chi connectivity index (χ3v) is 3.26. The Bertz CT molecular complexity index is 534. The quantitative estimate of drug-likeness (QED) is 0.846. The van der Waals surface area contributed by atoms with Crippen molar-refractivity contribution in [3.8, 4) is 0 Å². The van der Waals surface area contributed by atoms with Gasteiger partial charge in [-0.05, 0) is 17.5 Å². The van der Waals surface area contributed by atoms with Gasteiger partial charge in [-0.3, -0.25) is 0 Å². The minimum absolute atomic E-state index is 0.0535. The Hall–Kier alpha value is -1.61. The number of rotatable bonds is 4. The van der Waals surface area contributed by atoms with Crippen LogP contribution in [-0.4, -0.2) is 6.54 Å². The Morgan fingerprint density at radius 3 is 2.47 bits per heavy atom. The Kier molecular flexibility index (Phi) is 4.38. The second kappa shape index (κ2) is 6.02. The molecule has 2 rings (SSSR count). The van der Waals surface area contributed by atoms with Gasteiger partial charge in [-0.2, -0.15) is 0 Å². The van der Waals surface area contributed by atoms with E-state index in [0.717, 1.165) is 17.7 Å². The van der Waals surface area contributed by atoms with Crippen LogP contribution in [-0.2, 0) is 0 Å². The summed E-state index contributed by atoms with van der Waals surface area (Å²) >= 11 is 5.82. The summed E-state index contributed by atoms with van der Waals surface area (Å²) < 4.78 is 26.5. The van der Waals surface area contributed by atoms with Crippen molar-refractivity contribution in [1.29, 1.82) is 0 Å². The highest BCUT2D eigenvalue weighted by Gasteiger charge is 2.11. The summed E-state index contributed by atoms with van der Waals surface area (Å²) in [5.41, 5.74) is 1.29. The Morgan fingerprint density at radius 1 is 1.16 bits per heavy atom. The summed E-state index contributed by atoms with van der Waals surface area (Å²) in [5, 5.41) is 2.99. The highest BCUT2D eigenvalue weighted by Crippen LogP contribution is 2.27. The third kappa shape index (κ3) is 3.44. The molecule has 0 radical (unpaired) electrons. The fourth-order valence-corrected chi connectivity index (χ4v) is 2.13. The van der Waals surface area contributed by atoms with Crippen LogP contribution in [0.1, 0.15) is 18.4 Å². The Labute approximate surface area is 116 Å². The third-order valence-electron chi connectivity index (χ3n) is 2.96. The number of halogens is 3. The average molecular weight is 282 g/mol. The molecule has 0 saturated heterocycles. The summed E-state index contributed by atoms with van der Waals surface area (Å²) in [6.07, 6.45) is 0. The van der Waals surface area contributed by atoms with Gasteiger partial charge in [0.05, 0.1) is 10.7 Å². The van der Waals surface area contributed by atoms with Gasteiger partial charge in [0.25, 0.3) is 0 Å². The lowest BCUT2D eigenvalue weighted by Gasteiger charge is -2.15. The van der Waals surface area contributed by atoms with Gasteiger partial charge in [0.15, 0.2) is 5.82 Å². The lowest BCUT2D eigenvalue weighted by molar-refractivity contribution is 0.584. The molecule has 2 aromatic carbocycles. The molecule has 1 unspecified atom stereocenters. The predicted octanol–water partition coefficient (Wildman–Crippen LogP) is 4.83. The maximum Gasteiger partial charge on any atom is 0.150 e. The van der Waals surface area contributed by atoms with Crippen molar-refractivity contribution in [1.82, 2.24) is 0 Å². The van der Waals surface area contributed by atoms with E-state index in [2.05, 4.69) is 5.32 Å². The van der Waals surface area contributed by atoms with E-state index in [0.29, 0.717) is 6.54 Å². The summed E-state index contributed by atoms with van der Waals surface area (Å²) in [6.45, 7) is 2.55. The molecule has 0 bridgehead atoms. The zero-order valence-electron chi connectivity index (χ0n) is 10.5. The normalized spacial score (nSPS) is 12.2. The first-order valence-electron chi connectivity index (χ1n) is 6.01. The summed E-state index contributed by atoms with van der Waals surface area (Å²) in [7, 11) is 0. The van der Waals surface area contributed by atoms with Crippen LogP contribution < -0.4 is 5.32 Å². The average Bonchev–Trinajstić information content (AvgIpc) is 2.38. The minimum atomic E-state index is -0.677. The minimum Gasteiger partial charge on any atom is -0.381 e. The Morgan fingerprint density at radius 2 is 1.84 bits per heavy atom. The van der Waals surface area contributed by atoms with Crippen molar-refractivity contribution in [2.75, 3.05) is 11.9 Å². The van der Waals surface area contributed by atoms with Gasteiger partial charge >= 0.3 is 0 Å². The molecule has 0 aliphatic rings. The first-order valence-corrected chi connectivity index (χ1v) is 6.39. The predicted molar refractivity (Wildman–Crippen MR) is 74.7 cm³/mol. The molecule has 0 heterocycles. The molecule has 19 heavy (non-hydrogen) atoms. The molecule has 0 spiro atoms. The number of hydrogen-bond acceptors (Lipinski definition) is 1. The fourth-order valence-electron chi connectivity index (χ4n) is 1.87. The molecule has 1 atom stereocenters. The van der Waals surface area contributed by atoms with E-state index in [-0.39, 0.29) is 16.6 Å². The second-order valence-corrected chi connectivity index (χ2v) is 4.84.